The summed E-state index contributed by atoms with van der Waals surface area (Å²) in [6.07, 6.45) is -0.185. The molecule has 27 heavy (non-hydrogen) atoms. The number of fused-ring (bicyclic) bond motifs is 8. The Labute approximate surface area is 155 Å². The average molecular weight is 369 g/mol. The summed E-state index contributed by atoms with van der Waals surface area (Å²) < 4.78 is 21.6. The number of nitrogens with zero attached hydrogens (tertiary/aromatic N) is 1. The van der Waals surface area contributed by atoms with Crippen LogP contribution in [-0.4, -0.2) is 36.5 Å². The van der Waals surface area contributed by atoms with Gasteiger partial charge in [0.15, 0.2) is 23.0 Å². The fraction of sp³-hybridized carbons (Fsp3) is 0.400. The van der Waals surface area contributed by atoms with E-state index < -0.39 is 16.8 Å². The molecule has 0 amide bonds. The van der Waals surface area contributed by atoms with E-state index in [0.717, 1.165) is 22.3 Å². The van der Waals surface area contributed by atoms with Crippen molar-refractivity contribution in [3.8, 4) is 23.0 Å². The summed E-state index contributed by atoms with van der Waals surface area (Å²) in [5, 5.41) is 24.8. The number of hydroxylamine groups is 3. The maximum atomic E-state index is 13.7. The zero-order valence-electron chi connectivity index (χ0n) is 14.8. The molecule has 2 aromatic rings. The third-order valence-electron chi connectivity index (χ3n) is 6.23. The van der Waals surface area contributed by atoms with Crippen LogP contribution in [0.2, 0.25) is 0 Å². The van der Waals surface area contributed by atoms with Crippen LogP contribution in [0.3, 0.4) is 0 Å². The topological polar surface area (TPSA) is 80.2 Å². The lowest BCUT2D eigenvalue weighted by atomic mass is 9.70. The molecule has 140 valence electrons. The van der Waals surface area contributed by atoms with Gasteiger partial charge in [-0.1, -0.05) is 6.07 Å². The Bertz CT molecular complexity index is 971. The molecule has 3 heterocycles. The van der Waals surface area contributed by atoms with Crippen LogP contribution in [0.5, 0.6) is 23.0 Å². The summed E-state index contributed by atoms with van der Waals surface area (Å²) in [6.45, 7) is 0.617. The Morgan fingerprint density at radius 3 is 2.59 bits per heavy atom. The maximum absolute atomic E-state index is 13.7. The Balaban J connectivity index is 1.57. The molecule has 1 N–H and O–H groups in total. The van der Waals surface area contributed by atoms with Crippen molar-refractivity contribution >= 4 is 0 Å². The smallest absolute Gasteiger partial charge is 0.231 e. The molecule has 0 bridgehead atoms. The number of rotatable bonds is 0. The fourth-order valence-electron chi connectivity index (χ4n) is 5.15. The Hall–Kier alpha value is -2.48. The third-order valence-corrected chi connectivity index (χ3v) is 6.23. The lowest BCUT2D eigenvalue weighted by molar-refractivity contribution is -0.911. The molecule has 0 aromatic heterocycles. The second kappa shape index (κ2) is 5.07. The van der Waals surface area contributed by atoms with E-state index in [1.165, 1.54) is 0 Å². The molecule has 6 rings (SSSR count). The number of quaternary nitrogens is 1. The molecular weight excluding hydrogens is 350 g/mol. The predicted octanol–water partition coefficient (Wildman–Crippen LogP) is 2.34. The lowest BCUT2D eigenvalue weighted by Crippen LogP contribution is -2.52. The van der Waals surface area contributed by atoms with Gasteiger partial charge in [0.25, 0.3) is 0 Å². The van der Waals surface area contributed by atoms with E-state index >= 15 is 0 Å². The molecule has 1 aliphatic carbocycles. The first-order valence-corrected chi connectivity index (χ1v) is 9.11. The van der Waals surface area contributed by atoms with Crippen molar-refractivity contribution in [3.05, 3.63) is 51.7 Å². The van der Waals surface area contributed by atoms with Crippen LogP contribution in [0.25, 0.3) is 0 Å². The van der Waals surface area contributed by atoms with Gasteiger partial charge >= 0.3 is 0 Å². The molecule has 0 saturated heterocycles. The molecule has 4 atom stereocenters. The molecule has 2 aromatic carbocycles. The Morgan fingerprint density at radius 2 is 1.74 bits per heavy atom. The van der Waals surface area contributed by atoms with Gasteiger partial charge in [-0.05, 0) is 35.7 Å². The van der Waals surface area contributed by atoms with Crippen LogP contribution in [0.1, 0.15) is 34.2 Å². The van der Waals surface area contributed by atoms with Crippen molar-refractivity contribution in [3.63, 3.8) is 0 Å². The van der Waals surface area contributed by atoms with E-state index in [4.69, 9.17) is 18.9 Å². The van der Waals surface area contributed by atoms with E-state index in [2.05, 4.69) is 0 Å². The largest absolute Gasteiger partial charge is 0.632 e. The standard InChI is InChI=1S/C20H19NO6/c1-21(23)7-13-11(2-3-15-20(13)27-9-24-15)18-14(22)4-10-5-16-17(26-8-25-16)6-12(10)19(18)21/h2-3,5-6,14,18-19,22H,4,7-9H2,1H3/t14-,18-,19+,21+/m0/s1. The van der Waals surface area contributed by atoms with Crippen molar-refractivity contribution in [1.82, 2.24) is 0 Å². The number of ether oxygens (including phenoxy) is 4. The van der Waals surface area contributed by atoms with Gasteiger partial charge in [-0.25, -0.2) is 0 Å². The predicted molar refractivity (Wildman–Crippen MR) is 93.6 cm³/mol. The van der Waals surface area contributed by atoms with Crippen LogP contribution in [0.4, 0.5) is 0 Å². The number of aliphatic hydroxyl groups excluding tert-OH is 1. The van der Waals surface area contributed by atoms with Crippen molar-refractivity contribution in [1.29, 1.82) is 0 Å². The van der Waals surface area contributed by atoms with Crippen LogP contribution < -0.4 is 18.9 Å². The van der Waals surface area contributed by atoms with E-state index in [1.54, 1.807) is 7.05 Å². The minimum Gasteiger partial charge on any atom is -0.632 e. The van der Waals surface area contributed by atoms with Gasteiger partial charge in [-0.15, -0.1) is 0 Å². The van der Waals surface area contributed by atoms with Gasteiger partial charge in [0.1, 0.15) is 12.6 Å². The summed E-state index contributed by atoms with van der Waals surface area (Å²) in [4.78, 5) is 0. The average Bonchev–Trinajstić information content (AvgIpc) is 3.27. The highest BCUT2D eigenvalue weighted by Crippen LogP contribution is 2.56. The Morgan fingerprint density at radius 1 is 1.00 bits per heavy atom. The first-order valence-electron chi connectivity index (χ1n) is 9.11. The van der Waals surface area contributed by atoms with Crippen LogP contribution in [0.15, 0.2) is 24.3 Å². The van der Waals surface area contributed by atoms with Gasteiger partial charge in [0.05, 0.1) is 24.6 Å². The van der Waals surface area contributed by atoms with E-state index in [-0.39, 0.29) is 26.0 Å². The zero-order chi connectivity index (χ0) is 18.3. The lowest BCUT2D eigenvalue weighted by Gasteiger charge is -2.55. The van der Waals surface area contributed by atoms with Gasteiger partial charge in [-0.3, -0.25) is 0 Å². The summed E-state index contributed by atoms with van der Waals surface area (Å²) in [6, 6.07) is 7.27. The SMILES string of the molecule is C[N@@+]1([O-])Cc2c(ccc3c2OCO3)[C@@H]2[C@H]1c1cc3c(cc1C[C@@H]2O)OCO3. The number of benzene rings is 2. The minimum absolute atomic E-state index is 0.164. The van der Waals surface area contributed by atoms with Crippen LogP contribution >= 0.6 is 0 Å². The number of hydrogen-bond acceptors (Lipinski definition) is 6. The summed E-state index contributed by atoms with van der Waals surface area (Å²) >= 11 is 0. The molecule has 0 spiro atoms. The van der Waals surface area contributed by atoms with Gasteiger partial charge in [0.2, 0.25) is 13.6 Å². The highest BCUT2D eigenvalue weighted by Gasteiger charge is 2.50. The number of aliphatic hydroxyl groups is 1. The second-order valence-corrected chi connectivity index (χ2v) is 7.85. The number of hydrogen-bond donors (Lipinski definition) is 1. The molecule has 7 heteroatoms. The zero-order valence-corrected chi connectivity index (χ0v) is 14.8. The highest BCUT2D eigenvalue weighted by molar-refractivity contribution is 5.57. The van der Waals surface area contributed by atoms with Crippen molar-refractivity contribution in [2.45, 2.75) is 31.0 Å². The third kappa shape index (κ3) is 2.02. The van der Waals surface area contributed by atoms with Crippen molar-refractivity contribution in [2.24, 2.45) is 0 Å². The molecule has 0 fully saturated rings. The van der Waals surface area contributed by atoms with E-state index in [1.807, 2.05) is 24.3 Å². The monoisotopic (exact) mass is 369 g/mol. The molecule has 0 radical (unpaired) electrons. The molecule has 0 unspecified atom stereocenters. The van der Waals surface area contributed by atoms with E-state index in [0.29, 0.717) is 29.4 Å². The summed E-state index contributed by atoms with van der Waals surface area (Å²) in [5.41, 5.74) is 3.73. The minimum atomic E-state index is -0.659. The van der Waals surface area contributed by atoms with Gasteiger partial charge in [-0.2, -0.15) is 0 Å². The molecule has 3 aliphatic heterocycles. The first kappa shape index (κ1) is 15.6. The normalized spacial score (nSPS) is 31.9. The molecule has 4 aliphatic rings. The van der Waals surface area contributed by atoms with E-state index in [9.17, 15) is 10.3 Å². The second-order valence-electron chi connectivity index (χ2n) is 7.85. The summed E-state index contributed by atoms with van der Waals surface area (Å²) in [5.74, 6) is 2.36. The molecular formula is C20H19NO6. The highest BCUT2D eigenvalue weighted by atomic mass is 16.7. The van der Waals surface area contributed by atoms with Gasteiger partial charge in [0, 0.05) is 5.56 Å². The van der Waals surface area contributed by atoms with Crippen molar-refractivity contribution in [2.75, 3.05) is 20.6 Å². The van der Waals surface area contributed by atoms with Crippen molar-refractivity contribution < 1.29 is 28.7 Å². The van der Waals surface area contributed by atoms with Crippen LogP contribution in [0, 0.1) is 5.21 Å². The maximum Gasteiger partial charge on any atom is 0.231 e. The van der Waals surface area contributed by atoms with Crippen LogP contribution in [-0.2, 0) is 13.0 Å². The molecule has 0 saturated carbocycles. The summed E-state index contributed by atoms with van der Waals surface area (Å²) in [7, 11) is 1.67. The first-order chi connectivity index (χ1) is 13.0. The number of likely N-dealkylation sites (N-methyl/N-ethyl adjacent to an activating group) is 1. The Kier molecular flexibility index (Phi) is 2.92. The quantitative estimate of drug-likeness (QED) is 0.567. The van der Waals surface area contributed by atoms with Gasteiger partial charge < -0.3 is 33.9 Å². The molecule has 7 nitrogen and oxygen atoms in total. The fourth-order valence-corrected chi connectivity index (χ4v) is 5.15.